The Morgan fingerprint density at radius 2 is 1.80 bits per heavy atom. The minimum atomic E-state index is -0.557. The largest absolute Gasteiger partial charge is 0.387 e. The summed E-state index contributed by atoms with van der Waals surface area (Å²) in [6, 6.07) is 13.3. The maximum atomic E-state index is 10.1. The minimum Gasteiger partial charge on any atom is -0.387 e. The zero-order chi connectivity index (χ0) is 14.4. The van der Waals surface area contributed by atoms with Gasteiger partial charge in [-0.25, -0.2) is 0 Å². The van der Waals surface area contributed by atoms with Gasteiger partial charge in [0.25, 0.3) is 0 Å². The van der Waals surface area contributed by atoms with Crippen LogP contribution in [0.5, 0.6) is 0 Å². The second-order valence-electron chi connectivity index (χ2n) is 4.66. The van der Waals surface area contributed by atoms with E-state index in [1.807, 2.05) is 19.1 Å². The first-order valence-corrected chi connectivity index (χ1v) is 6.52. The summed E-state index contributed by atoms with van der Waals surface area (Å²) in [7, 11) is 0. The Labute approximate surface area is 118 Å². The lowest BCUT2D eigenvalue weighted by atomic mass is 10.1. The van der Waals surface area contributed by atoms with Crippen molar-refractivity contribution in [2.75, 3.05) is 6.54 Å². The summed E-state index contributed by atoms with van der Waals surface area (Å²) in [6.07, 6.45) is 2.78. The van der Waals surface area contributed by atoms with Crippen LogP contribution in [0.15, 0.2) is 48.8 Å². The quantitative estimate of drug-likeness (QED) is 0.872. The van der Waals surface area contributed by atoms with Crippen molar-refractivity contribution in [3.63, 3.8) is 0 Å². The highest BCUT2D eigenvalue weighted by Crippen LogP contribution is 2.15. The number of benzene rings is 1. The highest BCUT2D eigenvalue weighted by Gasteiger charge is 2.10. The number of nitrogens with one attached hydrogen (secondary N) is 1. The van der Waals surface area contributed by atoms with Gasteiger partial charge in [0, 0.05) is 25.0 Å². The van der Waals surface area contributed by atoms with E-state index in [1.165, 1.54) is 0 Å². The van der Waals surface area contributed by atoms with Crippen molar-refractivity contribution < 1.29 is 5.11 Å². The third kappa shape index (κ3) is 3.64. The summed E-state index contributed by atoms with van der Waals surface area (Å²) in [5.41, 5.74) is 2.59. The predicted octanol–water partition coefficient (Wildman–Crippen LogP) is 2.34. The third-order valence-corrected chi connectivity index (χ3v) is 3.25. The Balaban J connectivity index is 1.91. The van der Waals surface area contributed by atoms with E-state index in [9.17, 15) is 5.11 Å². The first kappa shape index (κ1) is 14.2. The van der Waals surface area contributed by atoms with Crippen molar-refractivity contribution >= 4 is 0 Å². The number of nitrogens with zero attached hydrogens (tertiary/aromatic N) is 2. The maximum absolute atomic E-state index is 10.1. The van der Waals surface area contributed by atoms with Crippen LogP contribution in [0.1, 0.15) is 35.8 Å². The first-order valence-electron chi connectivity index (χ1n) is 6.52. The van der Waals surface area contributed by atoms with Gasteiger partial charge in [0.05, 0.1) is 17.7 Å². The van der Waals surface area contributed by atoms with E-state index >= 15 is 0 Å². The summed E-state index contributed by atoms with van der Waals surface area (Å²) in [4.78, 5) is 3.93. The number of hydrogen-bond acceptors (Lipinski definition) is 4. The van der Waals surface area contributed by atoms with Gasteiger partial charge in [0.15, 0.2) is 0 Å². The topological polar surface area (TPSA) is 68.9 Å². The summed E-state index contributed by atoms with van der Waals surface area (Å²) in [5, 5.41) is 22.1. The molecule has 0 aliphatic rings. The second kappa shape index (κ2) is 6.80. The molecule has 0 aliphatic heterocycles. The van der Waals surface area contributed by atoms with Crippen LogP contribution in [-0.2, 0) is 0 Å². The third-order valence-electron chi connectivity index (χ3n) is 3.25. The van der Waals surface area contributed by atoms with E-state index in [4.69, 9.17) is 5.26 Å². The van der Waals surface area contributed by atoms with Crippen molar-refractivity contribution in [3.8, 4) is 6.07 Å². The Hall–Kier alpha value is -2.22. The molecule has 2 atom stereocenters. The van der Waals surface area contributed by atoms with Crippen molar-refractivity contribution in [1.29, 1.82) is 5.26 Å². The molecule has 4 heteroatoms. The molecule has 0 radical (unpaired) electrons. The minimum absolute atomic E-state index is 0.110. The second-order valence-corrected chi connectivity index (χ2v) is 4.66. The maximum Gasteiger partial charge on any atom is 0.0991 e. The average Bonchev–Trinajstić information content (AvgIpc) is 2.53. The zero-order valence-corrected chi connectivity index (χ0v) is 11.3. The number of nitriles is 1. The van der Waals surface area contributed by atoms with Gasteiger partial charge >= 0.3 is 0 Å². The molecule has 0 amide bonds. The van der Waals surface area contributed by atoms with Crippen LogP contribution in [0.2, 0.25) is 0 Å². The van der Waals surface area contributed by atoms with Crippen molar-refractivity contribution in [2.45, 2.75) is 19.1 Å². The number of pyridine rings is 1. The smallest absolute Gasteiger partial charge is 0.0991 e. The summed E-state index contributed by atoms with van der Waals surface area (Å²) in [5.74, 6) is 0. The van der Waals surface area contributed by atoms with E-state index in [-0.39, 0.29) is 6.04 Å². The summed E-state index contributed by atoms with van der Waals surface area (Å²) in [6.45, 7) is 2.49. The van der Waals surface area contributed by atoms with Gasteiger partial charge in [-0.3, -0.25) is 4.98 Å². The molecule has 0 aliphatic carbocycles. The van der Waals surface area contributed by atoms with Gasteiger partial charge in [-0.1, -0.05) is 12.1 Å². The van der Waals surface area contributed by atoms with Crippen LogP contribution in [0.3, 0.4) is 0 Å². The molecular weight excluding hydrogens is 250 g/mol. The Morgan fingerprint density at radius 3 is 2.40 bits per heavy atom. The molecule has 2 N–H and O–H groups in total. The molecule has 0 fully saturated rings. The Morgan fingerprint density at radius 1 is 1.15 bits per heavy atom. The van der Waals surface area contributed by atoms with E-state index in [0.29, 0.717) is 12.1 Å². The predicted molar refractivity (Wildman–Crippen MR) is 76.8 cm³/mol. The van der Waals surface area contributed by atoms with Crippen LogP contribution >= 0.6 is 0 Å². The molecular formula is C16H17N3O. The highest BCUT2D eigenvalue weighted by atomic mass is 16.3. The van der Waals surface area contributed by atoms with E-state index in [1.54, 1.807) is 36.7 Å². The fraction of sp³-hybridized carbons (Fsp3) is 0.250. The highest BCUT2D eigenvalue weighted by molar-refractivity contribution is 5.32. The van der Waals surface area contributed by atoms with Gasteiger partial charge in [0.1, 0.15) is 0 Å². The molecule has 1 aromatic carbocycles. The lowest BCUT2D eigenvalue weighted by Gasteiger charge is -2.17. The fourth-order valence-electron chi connectivity index (χ4n) is 1.96. The van der Waals surface area contributed by atoms with Gasteiger partial charge in [0.2, 0.25) is 0 Å². The van der Waals surface area contributed by atoms with Crippen molar-refractivity contribution in [1.82, 2.24) is 10.3 Å². The molecule has 2 aromatic rings. The molecule has 102 valence electrons. The summed E-state index contributed by atoms with van der Waals surface area (Å²) < 4.78 is 0. The van der Waals surface area contributed by atoms with Gasteiger partial charge in [-0.2, -0.15) is 5.26 Å². The van der Waals surface area contributed by atoms with Crippen molar-refractivity contribution in [3.05, 3.63) is 65.5 Å². The van der Waals surface area contributed by atoms with Crippen molar-refractivity contribution in [2.24, 2.45) is 0 Å². The molecule has 2 rings (SSSR count). The molecule has 20 heavy (non-hydrogen) atoms. The van der Waals surface area contributed by atoms with Gasteiger partial charge in [-0.05, 0) is 42.3 Å². The molecule has 0 unspecified atom stereocenters. The lowest BCUT2D eigenvalue weighted by molar-refractivity contribution is 0.170. The lowest BCUT2D eigenvalue weighted by Crippen LogP contribution is -2.24. The fourth-order valence-corrected chi connectivity index (χ4v) is 1.96. The normalized spacial score (nSPS) is 13.4. The molecule has 1 aromatic heterocycles. The Kier molecular flexibility index (Phi) is 4.83. The number of aromatic nitrogens is 1. The van der Waals surface area contributed by atoms with Crippen LogP contribution in [0.25, 0.3) is 0 Å². The number of rotatable bonds is 5. The van der Waals surface area contributed by atoms with E-state index in [2.05, 4.69) is 16.4 Å². The summed E-state index contributed by atoms with van der Waals surface area (Å²) >= 11 is 0. The number of hydrogen-bond donors (Lipinski definition) is 2. The van der Waals surface area contributed by atoms with Crippen LogP contribution < -0.4 is 5.32 Å². The van der Waals surface area contributed by atoms with Gasteiger partial charge < -0.3 is 10.4 Å². The van der Waals surface area contributed by atoms with Crippen LogP contribution in [-0.4, -0.2) is 16.6 Å². The average molecular weight is 267 g/mol. The van der Waals surface area contributed by atoms with Gasteiger partial charge in [-0.15, -0.1) is 0 Å². The molecule has 0 spiro atoms. The molecule has 0 bridgehead atoms. The molecule has 0 saturated carbocycles. The molecule has 1 heterocycles. The van der Waals surface area contributed by atoms with Crippen LogP contribution in [0, 0.1) is 11.3 Å². The van der Waals surface area contributed by atoms with Crippen LogP contribution in [0.4, 0.5) is 0 Å². The Bertz CT molecular complexity index is 575. The molecule has 4 nitrogen and oxygen atoms in total. The monoisotopic (exact) mass is 267 g/mol. The SMILES string of the molecule is C[C@@H](NC[C@H](O)c1ccncc1)c1ccc(C#N)cc1. The molecule has 0 saturated heterocycles. The standard InChI is InChI=1S/C16H17N3O/c1-12(14-4-2-13(10-17)3-5-14)19-11-16(20)15-6-8-18-9-7-15/h2-9,12,16,19-20H,11H2,1H3/t12-,16+/m1/s1. The zero-order valence-electron chi connectivity index (χ0n) is 11.3. The van der Waals surface area contributed by atoms with E-state index < -0.39 is 6.10 Å². The number of aliphatic hydroxyl groups excluding tert-OH is 1. The number of aliphatic hydroxyl groups is 1. The first-order chi connectivity index (χ1) is 9.70. The van der Waals surface area contributed by atoms with E-state index in [0.717, 1.165) is 11.1 Å².